The second kappa shape index (κ2) is 8.54. The molecular weight excluding hydrogens is 426 g/mol. The number of fused-ring (bicyclic) bond motifs is 1. The second-order valence-electron chi connectivity index (χ2n) is 8.44. The molecule has 1 N–H and O–H groups in total. The highest BCUT2D eigenvalue weighted by Gasteiger charge is 2.52. The topological polar surface area (TPSA) is 62.7 Å². The number of hydrogen-bond donors (Lipinski definition) is 1. The molecule has 31 heavy (non-hydrogen) atoms. The molecule has 0 unspecified atom stereocenters. The van der Waals surface area contributed by atoms with Gasteiger partial charge in [-0.05, 0) is 43.0 Å². The van der Waals surface area contributed by atoms with E-state index in [9.17, 15) is 14.3 Å². The molecule has 2 atom stereocenters. The number of ether oxygens (including phenoxy) is 1. The van der Waals surface area contributed by atoms with Gasteiger partial charge < -0.3 is 9.84 Å². The molecule has 1 saturated heterocycles. The summed E-state index contributed by atoms with van der Waals surface area (Å²) in [5, 5.41) is 11.5. The summed E-state index contributed by atoms with van der Waals surface area (Å²) < 4.78 is 34.6. The highest BCUT2D eigenvalue weighted by atomic mass is 35.5. The molecule has 1 fully saturated rings. The van der Waals surface area contributed by atoms with Crippen LogP contribution in [0, 0.1) is 5.82 Å². The van der Waals surface area contributed by atoms with Gasteiger partial charge in [0.1, 0.15) is 11.4 Å². The Bertz CT molecular complexity index is 985. The zero-order valence-corrected chi connectivity index (χ0v) is 18.0. The maximum Gasteiger partial charge on any atom is 0.195 e. The first-order valence-electron chi connectivity index (χ1n) is 10.3. The van der Waals surface area contributed by atoms with Crippen molar-refractivity contribution in [2.45, 2.75) is 43.1 Å². The fourth-order valence-electron chi connectivity index (χ4n) is 4.51. The van der Waals surface area contributed by atoms with Crippen molar-refractivity contribution in [2.24, 2.45) is 0 Å². The quantitative estimate of drug-likeness (QED) is 0.699. The van der Waals surface area contributed by atoms with Crippen molar-refractivity contribution < 1.29 is 23.4 Å². The summed E-state index contributed by atoms with van der Waals surface area (Å²) in [6, 6.07) is 7.06. The van der Waals surface area contributed by atoms with Crippen LogP contribution >= 0.6 is 11.6 Å². The van der Waals surface area contributed by atoms with Crippen molar-refractivity contribution in [1.29, 1.82) is 0 Å². The van der Waals surface area contributed by atoms with Gasteiger partial charge >= 0.3 is 0 Å². The van der Waals surface area contributed by atoms with Crippen molar-refractivity contribution in [1.82, 2.24) is 9.88 Å². The SMILES string of the molecule is COC1CN(C[C@]2(O)CC[C@@](F)(C(=O)CCc3ccc(F)cc3Cl)c3cccnc32)C1. The first-order valence-corrected chi connectivity index (χ1v) is 10.7. The molecule has 8 heteroatoms. The highest BCUT2D eigenvalue weighted by molar-refractivity contribution is 6.31. The average Bonchev–Trinajstić information content (AvgIpc) is 2.73. The van der Waals surface area contributed by atoms with Crippen LogP contribution in [0.4, 0.5) is 8.78 Å². The fraction of sp³-hybridized carbons (Fsp3) is 0.478. The number of benzene rings is 1. The molecule has 2 heterocycles. The van der Waals surface area contributed by atoms with E-state index in [1.807, 2.05) is 4.90 Å². The zero-order chi connectivity index (χ0) is 22.2. The van der Waals surface area contributed by atoms with Gasteiger partial charge in [0.25, 0.3) is 0 Å². The van der Waals surface area contributed by atoms with Gasteiger partial charge in [-0.3, -0.25) is 14.7 Å². The molecule has 0 spiro atoms. The summed E-state index contributed by atoms with van der Waals surface area (Å²) in [5.41, 5.74) is -2.62. The van der Waals surface area contributed by atoms with Crippen molar-refractivity contribution in [2.75, 3.05) is 26.7 Å². The van der Waals surface area contributed by atoms with E-state index in [2.05, 4.69) is 4.98 Å². The lowest BCUT2D eigenvalue weighted by Crippen LogP contribution is -2.57. The summed E-state index contributed by atoms with van der Waals surface area (Å²) in [5.74, 6) is -1.06. The van der Waals surface area contributed by atoms with Crippen LogP contribution in [0.15, 0.2) is 36.5 Å². The maximum atomic E-state index is 16.1. The lowest BCUT2D eigenvalue weighted by molar-refractivity contribution is -0.136. The monoisotopic (exact) mass is 450 g/mol. The van der Waals surface area contributed by atoms with Gasteiger partial charge in [0.15, 0.2) is 11.5 Å². The number of rotatable bonds is 7. The van der Waals surface area contributed by atoms with Gasteiger partial charge in [-0.2, -0.15) is 0 Å². The Hall–Kier alpha value is -1.93. The number of aliphatic hydroxyl groups is 1. The van der Waals surface area contributed by atoms with Crippen molar-refractivity contribution in [3.8, 4) is 0 Å². The molecule has 0 saturated carbocycles. The largest absolute Gasteiger partial charge is 0.382 e. The van der Waals surface area contributed by atoms with Crippen LogP contribution in [0.1, 0.15) is 36.1 Å². The van der Waals surface area contributed by atoms with Crippen LogP contribution in [-0.2, 0) is 27.2 Å². The van der Waals surface area contributed by atoms with Gasteiger partial charge in [-0.25, -0.2) is 8.78 Å². The summed E-state index contributed by atoms with van der Waals surface area (Å²) >= 11 is 6.04. The minimum absolute atomic E-state index is 0.0870. The number of aromatic nitrogens is 1. The number of pyridine rings is 1. The number of nitrogens with zero attached hydrogens (tertiary/aromatic N) is 2. The Kier molecular flexibility index (Phi) is 6.14. The zero-order valence-electron chi connectivity index (χ0n) is 17.3. The molecule has 1 aliphatic heterocycles. The maximum absolute atomic E-state index is 16.1. The first kappa shape index (κ1) is 22.3. The predicted octanol–water partition coefficient (Wildman–Crippen LogP) is 3.55. The van der Waals surface area contributed by atoms with E-state index in [1.54, 1.807) is 13.2 Å². The Morgan fingerprint density at radius 1 is 1.35 bits per heavy atom. The number of aryl methyl sites for hydroxylation is 1. The predicted molar refractivity (Wildman–Crippen MR) is 112 cm³/mol. The Labute approximate surface area is 185 Å². The Morgan fingerprint density at radius 2 is 2.13 bits per heavy atom. The molecule has 1 aromatic heterocycles. The number of alkyl halides is 1. The fourth-order valence-corrected chi connectivity index (χ4v) is 4.77. The molecule has 0 bridgehead atoms. The molecule has 4 rings (SSSR count). The molecule has 1 aliphatic carbocycles. The van der Waals surface area contributed by atoms with Gasteiger partial charge in [0, 0.05) is 49.9 Å². The van der Waals surface area contributed by atoms with E-state index in [1.165, 1.54) is 30.5 Å². The smallest absolute Gasteiger partial charge is 0.195 e. The highest BCUT2D eigenvalue weighted by Crippen LogP contribution is 2.47. The number of β-amino-alcohol motifs (C(OH)–C–C–N with tert-alkyl or cyclic N) is 1. The van der Waals surface area contributed by atoms with Gasteiger partial charge in [-0.1, -0.05) is 23.7 Å². The van der Waals surface area contributed by atoms with E-state index in [0.29, 0.717) is 25.2 Å². The van der Waals surface area contributed by atoms with E-state index in [0.717, 1.165) is 0 Å². The molecule has 166 valence electrons. The Morgan fingerprint density at radius 3 is 2.84 bits per heavy atom. The molecule has 1 aromatic carbocycles. The minimum atomic E-state index is -2.23. The number of likely N-dealkylation sites (tertiary alicyclic amines) is 1. The first-order chi connectivity index (χ1) is 14.7. The molecule has 5 nitrogen and oxygen atoms in total. The van der Waals surface area contributed by atoms with Crippen LogP contribution in [0.25, 0.3) is 0 Å². The van der Waals surface area contributed by atoms with Gasteiger partial charge in [0.2, 0.25) is 0 Å². The molecule has 2 aromatic rings. The third kappa shape index (κ3) is 4.24. The Balaban J connectivity index is 1.53. The summed E-state index contributed by atoms with van der Waals surface area (Å²) in [6.45, 7) is 1.70. The van der Waals surface area contributed by atoms with Gasteiger partial charge in [0.05, 0.1) is 11.8 Å². The minimum Gasteiger partial charge on any atom is -0.382 e. The molecule has 2 aliphatic rings. The average molecular weight is 451 g/mol. The molecule has 0 radical (unpaired) electrons. The van der Waals surface area contributed by atoms with Crippen LogP contribution < -0.4 is 0 Å². The van der Waals surface area contributed by atoms with Crippen LogP contribution in [0.2, 0.25) is 5.02 Å². The normalized spacial score (nSPS) is 26.4. The van der Waals surface area contributed by atoms with Crippen LogP contribution in [-0.4, -0.2) is 53.6 Å². The van der Waals surface area contributed by atoms with Crippen molar-refractivity contribution in [3.63, 3.8) is 0 Å². The number of halogens is 3. The second-order valence-corrected chi connectivity index (χ2v) is 8.85. The third-order valence-corrected chi connectivity index (χ3v) is 6.73. The lowest BCUT2D eigenvalue weighted by Gasteiger charge is -2.46. The molecular formula is C23H25ClF2N2O3. The van der Waals surface area contributed by atoms with Gasteiger partial charge in [-0.15, -0.1) is 0 Å². The number of carbonyl (C=O) groups is 1. The number of hydrogen-bond acceptors (Lipinski definition) is 5. The van der Waals surface area contributed by atoms with Crippen LogP contribution in [0.3, 0.4) is 0 Å². The standard InChI is InChI=1S/C23H25ClF2N2O3/c1-31-17-12-28(13-17)14-22(30)8-9-23(26,18-3-2-10-27-21(18)22)20(29)7-5-15-4-6-16(25)11-19(15)24/h2-4,6,10-11,17,30H,5,7-9,12-14H2,1H3/t22-,23+/m1/s1. The van der Waals surface area contributed by atoms with E-state index >= 15 is 4.39 Å². The summed E-state index contributed by atoms with van der Waals surface area (Å²) in [7, 11) is 1.65. The number of carbonyl (C=O) groups excluding carboxylic acids is 1. The summed E-state index contributed by atoms with van der Waals surface area (Å²) in [6.07, 6.45) is 1.72. The van der Waals surface area contributed by atoms with Crippen LogP contribution in [0.5, 0.6) is 0 Å². The van der Waals surface area contributed by atoms with E-state index in [-0.39, 0.29) is 48.1 Å². The number of ketones is 1. The number of methoxy groups -OCH3 is 1. The number of Topliss-reactive ketones (excluding diaryl/α,β-unsaturated/α-hetero) is 1. The lowest BCUT2D eigenvalue weighted by atomic mass is 9.72. The van der Waals surface area contributed by atoms with E-state index in [4.69, 9.17) is 16.3 Å². The van der Waals surface area contributed by atoms with Crippen molar-refractivity contribution >= 4 is 17.4 Å². The van der Waals surface area contributed by atoms with Crippen molar-refractivity contribution in [3.05, 3.63) is 64.2 Å². The third-order valence-electron chi connectivity index (χ3n) is 6.38. The molecule has 0 amide bonds. The summed E-state index contributed by atoms with van der Waals surface area (Å²) in [4.78, 5) is 19.3. The van der Waals surface area contributed by atoms with E-state index < -0.39 is 22.9 Å².